The number of rotatable bonds is 5. The fourth-order valence-corrected chi connectivity index (χ4v) is 1.30. The van der Waals surface area contributed by atoms with Gasteiger partial charge >= 0.3 is 12.1 Å². The normalized spacial score (nSPS) is 11.4. The number of methoxy groups -OCH3 is 1. The fourth-order valence-electron chi connectivity index (χ4n) is 1.30. The zero-order valence-corrected chi connectivity index (χ0v) is 10.1. The second kappa shape index (κ2) is 6.51. The molecule has 0 bridgehead atoms. The minimum Gasteiger partial charge on any atom is -0.462 e. The van der Waals surface area contributed by atoms with Gasteiger partial charge < -0.3 is 9.47 Å². The molecule has 0 amide bonds. The Morgan fingerprint density at radius 3 is 2.53 bits per heavy atom. The van der Waals surface area contributed by atoms with Gasteiger partial charge in [-0.3, -0.25) is 0 Å². The summed E-state index contributed by atoms with van der Waals surface area (Å²) in [5.41, 5.74) is -1.83. The van der Waals surface area contributed by atoms with Crippen LogP contribution in [0.1, 0.15) is 22.3 Å². The van der Waals surface area contributed by atoms with Crippen molar-refractivity contribution in [1.82, 2.24) is 0 Å². The molecule has 19 heavy (non-hydrogen) atoms. The third-order valence-corrected chi connectivity index (χ3v) is 2.24. The molecule has 0 unspecified atom stereocenters. The molecular formula is C12H12F4O3. The van der Waals surface area contributed by atoms with Crippen LogP contribution in [0.4, 0.5) is 17.6 Å². The molecule has 106 valence electrons. The second-order valence-corrected chi connectivity index (χ2v) is 3.67. The maximum atomic E-state index is 13.3. The molecule has 0 aliphatic rings. The molecule has 0 aliphatic heterocycles. The number of esters is 1. The standard InChI is InChI=1S/C12H12F4O3/c1-18-5-2-6-19-11(17)9-7-8(12(14,15)16)3-4-10(9)13/h3-4,7H,2,5-6H2,1H3. The van der Waals surface area contributed by atoms with Gasteiger partial charge in [-0.05, 0) is 18.2 Å². The highest BCUT2D eigenvalue weighted by atomic mass is 19.4. The van der Waals surface area contributed by atoms with Crippen LogP contribution in [0, 0.1) is 5.82 Å². The Labute approximate surface area is 107 Å². The van der Waals surface area contributed by atoms with E-state index in [0.29, 0.717) is 31.2 Å². The Balaban J connectivity index is 2.78. The van der Waals surface area contributed by atoms with Crippen molar-refractivity contribution in [2.45, 2.75) is 12.6 Å². The number of ether oxygens (including phenoxy) is 2. The van der Waals surface area contributed by atoms with Gasteiger partial charge in [-0.2, -0.15) is 13.2 Å². The van der Waals surface area contributed by atoms with Crippen LogP contribution in [0.3, 0.4) is 0 Å². The quantitative estimate of drug-likeness (QED) is 0.472. The van der Waals surface area contributed by atoms with Gasteiger partial charge in [-0.15, -0.1) is 0 Å². The van der Waals surface area contributed by atoms with E-state index in [1.54, 1.807) is 0 Å². The van der Waals surface area contributed by atoms with Crippen LogP contribution in [0.25, 0.3) is 0 Å². The lowest BCUT2D eigenvalue weighted by Crippen LogP contribution is -2.13. The van der Waals surface area contributed by atoms with Crippen molar-refractivity contribution >= 4 is 5.97 Å². The molecule has 1 aromatic carbocycles. The summed E-state index contributed by atoms with van der Waals surface area (Å²) in [6, 6.07) is 1.60. The van der Waals surface area contributed by atoms with Crippen molar-refractivity contribution in [3.63, 3.8) is 0 Å². The first-order chi connectivity index (χ1) is 8.86. The number of halogens is 4. The predicted molar refractivity (Wildman–Crippen MR) is 58.2 cm³/mol. The van der Waals surface area contributed by atoms with E-state index in [2.05, 4.69) is 4.74 Å². The summed E-state index contributed by atoms with van der Waals surface area (Å²) in [4.78, 5) is 11.4. The van der Waals surface area contributed by atoms with Gasteiger partial charge in [0.1, 0.15) is 5.82 Å². The first kappa shape index (κ1) is 15.4. The van der Waals surface area contributed by atoms with Crippen molar-refractivity contribution in [2.24, 2.45) is 0 Å². The Hall–Kier alpha value is -1.63. The molecule has 3 nitrogen and oxygen atoms in total. The lowest BCUT2D eigenvalue weighted by molar-refractivity contribution is -0.137. The molecule has 0 atom stereocenters. The van der Waals surface area contributed by atoms with Gasteiger partial charge in [0.05, 0.1) is 17.7 Å². The van der Waals surface area contributed by atoms with E-state index < -0.39 is 29.1 Å². The molecule has 0 saturated heterocycles. The Morgan fingerprint density at radius 2 is 1.95 bits per heavy atom. The zero-order chi connectivity index (χ0) is 14.5. The Bertz CT molecular complexity index is 443. The summed E-state index contributed by atoms with van der Waals surface area (Å²) in [6.45, 7) is 0.278. The topological polar surface area (TPSA) is 35.5 Å². The monoisotopic (exact) mass is 280 g/mol. The molecule has 0 fully saturated rings. The molecule has 1 aromatic rings. The molecule has 0 aromatic heterocycles. The summed E-state index contributed by atoms with van der Waals surface area (Å²) in [5.74, 6) is -2.18. The van der Waals surface area contributed by atoms with Crippen molar-refractivity contribution in [1.29, 1.82) is 0 Å². The van der Waals surface area contributed by atoms with Gasteiger partial charge in [0.2, 0.25) is 0 Å². The predicted octanol–water partition coefficient (Wildman–Crippen LogP) is 3.04. The lowest BCUT2D eigenvalue weighted by Gasteiger charge is -2.09. The van der Waals surface area contributed by atoms with E-state index >= 15 is 0 Å². The zero-order valence-electron chi connectivity index (χ0n) is 10.1. The Morgan fingerprint density at radius 1 is 1.26 bits per heavy atom. The van der Waals surface area contributed by atoms with Crippen LogP contribution in [0.15, 0.2) is 18.2 Å². The highest BCUT2D eigenvalue weighted by Crippen LogP contribution is 2.30. The molecule has 0 aliphatic carbocycles. The highest BCUT2D eigenvalue weighted by Gasteiger charge is 2.32. The van der Waals surface area contributed by atoms with Crippen LogP contribution in [0.2, 0.25) is 0 Å². The second-order valence-electron chi connectivity index (χ2n) is 3.67. The van der Waals surface area contributed by atoms with Crippen molar-refractivity contribution < 1.29 is 31.8 Å². The Kier molecular flexibility index (Phi) is 5.29. The number of hydrogen-bond acceptors (Lipinski definition) is 3. The molecule has 0 spiro atoms. The average Bonchev–Trinajstić information content (AvgIpc) is 2.33. The van der Waals surface area contributed by atoms with Gasteiger partial charge in [-0.25, -0.2) is 9.18 Å². The summed E-state index contributed by atoms with van der Waals surface area (Å²) in [7, 11) is 1.45. The van der Waals surface area contributed by atoms with E-state index in [9.17, 15) is 22.4 Å². The number of hydrogen-bond donors (Lipinski definition) is 0. The lowest BCUT2D eigenvalue weighted by atomic mass is 10.1. The molecule has 0 saturated carbocycles. The maximum Gasteiger partial charge on any atom is 0.416 e. The summed E-state index contributed by atoms with van der Waals surface area (Å²) < 4.78 is 59.9. The minimum atomic E-state index is -4.64. The molecule has 0 radical (unpaired) electrons. The van der Waals surface area contributed by atoms with Crippen molar-refractivity contribution in [2.75, 3.05) is 20.3 Å². The van der Waals surface area contributed by atoms with Crippen LogP contribution in [-0.2, 0) is 15.7 Å². The van der Waals surface area contributed by atoms with Gasteiger partial charge in [0, 0.05) is 20.1 Å². The molecule has 7 heteroatoms. The van der Waals surface area contributed by atoms with Crippen LogP contribution >= 0.6 is 0 Å². The minimum absolute atomic E-state index is 0.0532. The number of carbonyl (C=O) groups is 1. The van der Waals surface area contributed by atoms with Crippen LogP contribution in [-0.4, -0.2) is 26.3 Å². The number of alkyl halides is 3. The highest BCUT2D eigenvalue weighted by molar-refractivity contribution is 5.89. The van der Waals surface area contributed by atoms with Crippen LogP contribution < -0.4 is 0 Å². The fraction of sp³-hybridized carbons (Fsp3) is 0.417. The van der Waals surface area contributed by atoms with E-state index in [1.165, 1.54) is 7.11 Å². The summed E-state index contributed by atoms with van der Waals surface area (Å²) in [6.07, 6.45) is -4.26. The molecule has 0 heterocycles. The van der Waals surface area contributed by atoms with Crippen LogP contribution in [0.5, 0.6) is 0 Å². The average molecular weight is 280 g/mol. The number of benzene rings is 1. The van der Waals surface area contributed by atoms with Gasteiger partial charge in [0.15, 0.2) is 0 Å². The van der Waals surface area contributed by atoms with Gasteiger partial charge in [0.25, 0.3) is 0 Å². The first-order valence-corrected chi connectivity index (χ1v) is 5.39. The van der Waals surface area contributed by atoms with E-state index in [1.807, 2.05) is 0 Å². The molecule has 1 rings (SSSR count). The largest absolute Gasteiger partial charge is 0.462 e. The smallest absolute Gasteiger partial charge is 0.416 e. The third kappa shape index (κ3) is 4.51. The van der Waals surface area contributed by atoms with Crippen molar-refractivity contribution in [3.8, 4) is 0 Å². The van der Waals surface area contributed by atoms with Crippen molar-refractivity contribution in [3.05, 3.63) is 35.1 Å². The first-order valence-electron chi connectivity index (χ1n) is 5.39. The maximum absolute atomic E-state index is 13.3. The summed E-state index contributed by atoms with van der Waals surface area (Å²) >= 11 is 0. The van der Waals surface area contributed by atoms with Gasteiger partial charge in [-0.1, -0.05) is 0 Å². The SMILES string of the molecule is COCCCOC(=O)c1cc(C(F)(F)F)ccc1F. The van der Waals surface area contributed by atoms with E-state index in [0.717, 1.165) is 0 Å². The van der Waals surface area contributed by atoms with E-state index in [4.69, 9.17) is 4.74 Å². The number of carbonyl (C=O) groups excluding carboxylic acids is 1. The van der Waals surface area contributed by atoms with E-state index in [-0.39, 0.29) is 6.61 Å². The summed E-state index contributed by atoms with van der Waals surface area (Å²) in [5, 5.41) is 0. The molecular weight excluding hydrogens is 268 g/mol. The molecule has 0 N–H and O–H groups in total. The third-order valence-electron chi connectivity index (χ3n) is 2.24.